The predicted octanol–water partition coefficient (Wildman–Crippen LogP) is 1.54. The quantitative estimate of drug-likeness (QED) is 0.801. The van der Waals surface area contributed by atoms with Gasteiger partial charge in [0.2, 0.25) is 5.91 Å². The molecule has 0 fully saturated rings. The molecule has 0 unspecified atom stereocenters. The number of aryl methyl sites for hydroxylation is 1. The SMILES string of the molecule is CCNC(=O)NC(=O)[C@H](C)N(C)CCOc1ccccc1C. The standard InChI is InChI=1S/C16H25N3O3/c1-5-17-16(21)18-15(20)13(3)19(4)10-11-22-14-9-7-6-8-12(14)2/h6-9,13H,5,10-11H2,1-4H3,(H2,17,18,20,21)/t13-/m0/s1. The Kier molecular flexibility index (Phi) is 7.39. The average Bonchev–Trinajstić information content (AvgIpc) is 2.48. The number of hydrogen-bond donors (Lipinski definition) is 2. The Morgan fingerprint density at radius 2 is 2.00 bits per heavy atom. The van der Waals surface area contributed by atoms with Crippen LogP contribution in [-0.2, 0) is 4.79 Å². The number of rotatable bonds is 7. The molecule has 1 atom stereocenters. The molecule has 3 amide bonds. The van der Waals surface area contributed by atoms with E-state index >= 15 is 0 Å². The summed E-state index contributed by atoms with van der Waals surface area (Å²) in [6.45, 7) is 7.07. The number of amides is 3. The van der Waals surface area contributed by atoms with E-state index in [-0.39, 0.29) is 5.91 Å². The van der Waals surface area contributed by atoms with Crippen molar-refractivity contribution in [3.05, 3.63) is 29.8 Å². The van der Waals surface area contributed by atoms with E-state index in [1.54, 1.807) is 13.8 Å². The summed E-state index contributed by atoms with van der Waals surface area (Å²) < 4.78 is 5.70. The van der Waals surface area contributed by atoms with Gasteiger partial charge in [0.1, 0.15) is 12.4 Å². The van der Waals surface area contributed by atoms with E-state index in [0.717, 1.165) is 11.3 Å². The summed E-state index contributed by atoms with van der Waals surface area (Å²) in [4.78, 5) is 25.1. The molecule has 0 aromatic heterocycles. The van der Waals surface area contributed by atoms with E-state index in [9.17, 15) is 9.59 Å². The van der Waals surface area contributed by atoms with Gasteiger partial charge in [-0.3, -0.25) is 15.0 Å². The van der Waals surface area contributed by atoms with Crippen LogP contribution in [0.25, 0.3) is 0 Å². The maximum Gasteiger partial charge on any atom is 0.321 e. The fraction of sp³-hybridized carbons (Fsp3) is 0.500. The molecule has 1 rings (SSSR count). The normalized spacial score (nSPS) is 11.9. The molecular formula is C16H25N3O3. The monoisotopic (exact) mass is 307 g/mol. The lowest BCUT2D eigenvalue weighted by Gasteiger charge is -2.23. The van der Waals surface area contributed by atoms with Gasteiger partial charge in [-0.25, -0.2) is 4.79 Å². The number of ether oxygens (including phenoxy) is 1. The summed E-state index contributed by atoms with van der Waals surface area (Å²) >= 11 is 0. The zero-order valence-corrected chi connectivity index (χ0v) is 13.7. The van der Waals surface area contributed by atoms with Crippen molar-refractivity contribution < 1.29 is 14.3 Å². The van der Waals surface area contributed by atoms with Crippen LogP contribution in [0.2, 0.25) is 0 Å². The van der Waals surface area contributed by atoms with E-state index in [2.05, 4.69) is 10.6 Å². The highest BCUT2D eigenvalue weighted by Crippen LogP contribution is 2.15. The van der Waals surface area contributed by atoms with Crippen LogP contribution in [0.4, 0.5) is 4.79 Å². The molecule has 0 saturated carbocycles. The largest absolute Gasteiger partial charge is 0.492 e. The maximum absolute atomic E-state index is 11.9. The Labute approximate surface area is 131 Å². The predicted molar refractivity (Wildman–Crippen MR) is 86.0 cm³/mol. The van der Waals surface area contributed by atoms with Gasteiger partial charge in [0.15, 0.2) is 0 Å². The summed E-state index contributed by atoms with van der Waals surface area (Å²) in [5.41, 5.74) is 1.08. The second-order valence-electron chi connectivity index (χ2n) is 5.12. The third kappa shape index (κ3) is 5.73. The Bertz CT molecular complexity index is 505. The zero-order valence-electron chi connectivity index (χ0n) is 13.7. The van der Waals surface area contributed by atoms with Crippen LogP contribution < -0.4 is 15.4 Å². The van der Waals surface area contributed by atoms with Gasteiger partial charge >= 0.3 is 6.03 Å². The first kappa shape index (κ1) is 18.0. The Morgan fingerprint density at radius 1 is 1.32 bits per heavy atom. The number of carbonyl (C=O) groups is 2. The molecule has 0 radical (unpaired) electrons. The van der Waals surface area contributed by atoms with Crippen molar-refractivity contribution in [1.29, 1.82) is 0 Å². The van der Waals surface area contributed by atoms with Gasteiger partial charge in [-0.05, 0) is 39.4 Å². The van der Waals surface area contributed by atoms with Crippen molar-refractivity contribution in [3.8, 4) is 5.75 Å². The molecule has 6 nitrogen and oxygen atoms in total. The number of para-hydroxylation sites is 1. The minimum absolute atomic E-state index is 0.329. The summed E-state index contributed by atoms with van der Waals surface area (Å²) in [5.74, 6) is 0.514. The molecule has 0 saturated heterocycles. The van der Waals surface area contributed by atoms with Gasteiger partial charge in [0, 0.05) is 13.1 Å². The van der Waals surface area contributed by atoms with Crippen LogP contribution in [0.3, 0.4) is 0 Å². The number of urea groups is 1. The van der Waals surface area contributed by atoms with Gasteiger partial charge in [0.05, 0.1) is 6.04 Å². The van der Waals surface area contributed by atoms with Crippen LogP contribution in [0.15, 0.2) is 24.3 Å². The first-order valence-electron chi connectivity index (χ1n) is 7.43. The van der Waals surface area contributed by atoms with Crippen molar-refractivity contribution in [1.82, 2.24) is 15.5 Å². The fourth-order valence-electron chi connectivity index (χ4n) is 1.83. The van der Waals surface area contributed by atoms with Crippen molar-refractivity contribution >= 4 is 11.9 Å². The number of imide groups is 1. The third-order valence-corrected chi connectivity index (χ3v) is 3.41. The topological polar surface area (TPSA) is 70.7 Å². The maximum atomic E-state index is 11.9. The molecule has 1 aromatic rings. The zero-order chi connectivity index (χ0) is 16.5. The molecular weight excluding hydrogens is 282 g/mol. The van der Waals surface area contributed by atoms with E-state index in [1.165, 1.54) is 0 Å². The Balaban J connectivity index is 2.38. The van der Waals surface area contributed by atoms with Crippen LogP contribution in [0.5, 0.6) is 5.75 Å². The first-order valence-corrected chi connectivity index (χ1v) is 7.43. The minimum Gasteiger partial charge on any atom is -0.492 e. The molecule has 6 heteroatoms. The number of nitrogens with one attached hydrogen (secondary N) is 2. The van der Waals surface area contributed by atoms with Crippen LogP contribution in [-0.4, -0.2) is 49.6 Å². The fourth-order valence-corrected chi connectivity index (χ4v) is 1.83. The lowest BCUT2D eigenvalue weighted by molar-refractivity contribution is -0.124. The number of likely N-dealkylation sites (N-methyl/N-ethyl adjacent to an activating group) is 1. The number of nitrogens with zero attached hydrogens (tertiary/aromatic N) is 1. The van der Waals surface area contributed by atoms with Crippen LogP contribution in [0, 0.1) is 6.92 Å². The second-order valence-corrected chi connectivity index (χ2v) is 5.12. The number of carbonyl (C=O) groups excluding carboxylic acids is 2. The highest BCUT2D eigenvalue weighted by molar-refractivity contribution is 5.96. The summed E-state index contributed by atoms with van der Waals surface area (Å²) in [7, 11) is 1.82. The molecule has 0 heterocycles. The van der Waals surface area contributed by atoms with Crippen molar-refractivity contribution in [2.45, 2.75) is 26.8 Å². The molecule has 122 valence electrons. The van der Waals surface area contributed by atoms with Gasteiger partial charge in [-0.15, -0.1) is 0 Å². The average molecular weight is 307 g/mol. The van der Waals surface area contributed by atoms with Crippen molar-refractivity contribution in [2.24, 2.45) is 0 Å². The van der Waals surface area contributed by atoms with E-state index in [4.69, 9.17) is 4.74 Å². The van der Waals surface area contributed by atoms with Crippen molar-refractivity contribution in [3.63, 3.8) is 0 Å². The minimum atomic E-state index is -0.469. The molecule has 0 bridgehead atoms. The van der Waals surface area contributed by atoms with Crippen LogP contribution in [0.1, 0.15) is 19.4 Å². The molecule has 2 N–H and O–H groups in total. The molecule has 1 aromatic carbocycles. The van der Waals surface area contributed by atoms with Gasteiger partial charge in [-0.1, -0.05) is 18.2 Å². The molecule has 0 aliphatic heterocycles. The van der Waals surface area contributed by atoms with E-state index in [1.807, 2.05) is 43.1 Å². The van der Waals surface area contributed by atoms with E-state index < -0.39 is 12.1 Å². The third-order valence-electron chi connectivity index (χ3n) is 3.41. The first-order chi connectivity index (χ1) is 10.5. The number of hydrogen-bond acceptors (Lipinski definition) is 4. The highest BCUT2D eigenvalue weighted by Gasteiger charge is 2.19. The smallest absolute Gasteiger partial charge is 0.321 e. The van der Waals surface area contributed by atoms with E-state index in [0.29, 0.717) is 19.7 Å². The molecule has 0 aliphatic rings. The molecule has 22 heavy (non-hydrogen) atoms. The van der Waals surface area contributed by atoms with Crippen LogP contribution >= 0.6 is 0 Å². The Morgan fingerprint density at radius 3 is 2.64 bits per heavy atom. The number of benzene rings is 1. The van der Waals surface area contributed by atoms with Gasteiger partial charge in [-0.2, -0.15) is 0 Å². The highest BCUT2D eigenvalue weighted by atomic mass is 16.5. The summed E-state index contributed by atoms with van der Waals surface area (Å²) in [6, 6.07) is 6.91. The van der Waals surface area contributed by atoms with Gasteiger partial charge < -0.3 is 10.1 Å². The summed E-state index contributed by atoms with van der Waals surface area (Å²) in [5, 5.41) is 4.83. The lowest BCUT2D eigenvalue weighted by atomic mass is 10.2. The van der Waals surface area contributed by atoms with Gasteiger partial charge in [0.25, 0.3) is 0 Å². The molecule has 0 spiro atoms. The summed E-state index contributed by atoms with van der Waals surface area (Å²) in [6.07, 6.45) is 0. The van der Waals surface area contributed by atoms with Crippen molar-refractivity contribution in [2.75, 3.05) is 26.7 Å². The lowest BCUT2D eigenvalue weighted by Crippen LogP contribution is -2.49. The molecule has 0 aliphatic carbocycles. The second kappa shape index (κ2) is 9.04. The Hall–Kier alpha value is -2.08.